The fourth-order valence-corrected chi connectivity index (χ4v) is 4.11. The van der Waals surface area contributed by atoms with Gasteiger partial charge in [-0.2, -0.15) is 0 Å². The summed E-state index contributed by atoms with van der Waals surface area (Å²) >= 11 is 0. The molecule has 0 radical (unpaired) electrons. The smallest absolute Gasteiger partial charge is 0.342 e. The molecule has 1 aromatic rings. The zero-order valence-electron chi connectivity index (χ0n) is 19.1. The molecule has 0 saturated carbocycles. The van der Waals surface area contributed by atoms with E-state index in [1.807, 2.05) is 6.08 Å². The first kappa shape index (κ1) is 26.4. The van der Waals surface area contributed by atoms with Crippen molar-refractivity contribution in [1.82, 2.24) is 0 Å². The lowest BCUT2D eigenvalue weighted by molar-refractivity contribution is -0.277. The van der Waals surface area contributed by atoms with Gasteiger partial charge >= 0.3 is 5.97 Å². The summed E-state index contributed by atoms with van der Waals surface area (Å²) in [5.41, 5.74) is 0.274. The third-order valence-electron chi connectivity index (χ3n) is 6.09. The first-order valence-electron chi connectivity index (χ1n) is 11.6. The number of carbonyl (C=O) groups excluding carboxylic acids is 1. The van der Waals surface area contributed by atoms with Crippen LogP contribution in [0.5, 0.6) is 11.5 Å². The van der Waals surface area contributed by atoms with Crippen molar-refractivity contribution in [2.24, 2.45) is 0 Å². The highest BCUT2D eigenvalue weighted by molar-refractivity contribution is 5.97. The van der Waals surface area contributed by atoms with E-state index in [1.165, 1.54) is 12.1 Å². The van der Waals surface area contributed by atoms with Crippen LogP contribution in [0.3, 0.4) is 0 Å². The number of cyclic esters (lactones) is 1. The van der Waals surface area contributed by atoms with Crippen molar-refractivity contribution in [3.63, 3.8) is 0 Å². The third kappa shape index (κ3) is 6.47. The number of aliphatic hydroxyl groups excluding tert-OH is 5. The van der Waals surface area contributed by atoms with E-state index in [0.717, 1.165) is 6.42 Å². The van der Waals surface area contributed by atoms with Gasteiger partial charge < -0.3 is 44.8 Å². The summed E-state index contributed by atoms with van der Waals surface area (Å²) in [5, 5.41) is 60.2. The number of ether oxygens (including phenoxy) is 3. The average molecular weight is 483 g/mol. The van der Waals surface area contributed by atoms with Gasteiger partial charge in [-0.3, -0.25) is 0 Å². The van der Waals surface area contributed by atoms with Crippen LogP contribution in [0, 0.1) is 0 Å². The molecule has 1 fully saturated rings. The molecule has 0 unspecified atom stereocenters. The Morgan fingerprint density at radius 1 is 1.03 bits per heavy atom. The molecule has 10 nitrogen and oxygen atoms in total. The number of hydrogen-bond acceptors (Lipinski definition) is 10. The van der Waals surface area contributed by atoms with Gasteiger partial charge in [0.05, 0.1) is 18.8 Å². The summed E-state index contributed by atoms with van der Waals surface area (Å²) in [5.74, 6) is -1.08. The van der Waals surface area contributed by atoms with Crippen molar-refractivity contribution in [2.75, 3.05) is 6.61 Å². The number of aliphatic hydroxyl groups is 5. The average Bonchev–Trinajstić information content (AvgIpc) is 2.78. The van der Waals surface area contributed by atoms with Crippen LogP contribution in [0.1, 0.15) is 61.4 Å². The molecule has 34 heavy (non-hydrogen) atoms. The monoisotopic (exact) mass is 482 g/mol. The van der Waals surface area contributed by atoms with Gasteiger partial charge in [-0.15, -0.1) is 0 Å². The maximum Gasteiger partial charge on any atom is 0.342 e. The first-order chi connectivity index (χ1) is 16.2. The van der Waals surface area contributed by atoms with E-state index in [0.29, 0.717) is 37.7 Å². The third-order valence-corrected chi connectivity index (χ3v) is 6.09. The van der Waals surface area contributed by atoms with E-state index < -0.39 is 61.2 Å². The minimum Gasteiger partial charge on any atom is -0.507 e. The number of hydrogen-bond donors (Lipinski definition) is 6. The van der Waals surface area contributed by atoms with Gasteiger partial charge in [0.15, 0.2) is 0 Å². The number of phenols is 1. The molecule has 0 aliphatic carbocycles. The highest BCUT2D eigenvalue weighted by atomic mass is 16.7. The summed E-state index contributed by atoms with van der Waals surface area (Å²) in [6.45, 7) is 1.14. The minimum absolute atomic E-state index is 0.0302. The van der Waals surface area contributed by atoms with Crippen LogP contribution in [0.25, 0.3) is 6.08 Å². The van der Waals surface area contributed by atoms with Crippen LogP contribution in [-0.2, 0) is 9.47 Å². The first-order valence-corrected chi connectivity index (χ1v) is 11.6. The molecule has 6 N–H and O–H groups in total. The molecular weight excluding hydrogens is 448 g/mol. The van der Waals surface area contributed by atoms with E-state index in [9.17, 15) is 35.4 Å². The zero-order valence-corrected chi connectivity index (χ0v) is 19.1. The molecule has 0 aromatic heterocycles. The lowest BCUT2D eigenvalue weighted by Gasteiger charge is -2.39. The van der Waals surface area contributed by atoms with Crippen molar-refractivity contribution in [3.8, 4) is 11.5 Å². The van der Waals surface area contributed by atoms with Crippen molar-refractivity contribution in [1.29, 1.82) is 0 Å². The summed E-state index contributed by atoms with van der Waals surface area (Å²) in [6.07, 6.45) is -0.786. The standard InChI is InChI=1S/C24H34O10/c1-13-6-5-9-15(26)8-4-2-3-7-14-10-16(11-17(27)19(14)23(31)32-13)33-24-22(30)21(29)20(28)18(12-25)34-24/h3,7,10-11,13,15,18,20-22,24-30H,2,4-6,8-9,12H2,1H3/b7-3+/t13-,15-,18+,20+,21-,22+,24+/m0/s1. The quantitative estimate of drug-likeness (QED) is 0.340. The molecule has 2 aliphatic rings. The van der Waals surface area contributed by atoms with E-state index in [4.69, 9.17) is 14.2 Å². The lowest BCUT2D eigenvalue weighted by Crippen LogP contribution is -2.60. The Morgan fingerprint density at radius 3 is 2.50 bits per heavy atom. The summed E-state index contributed by atoms with van der Waals surface area (Å²) in [7, 11) is 0. The van der Waals surface area contributed by atoms with Gasteiger partial charge in [0, 0.05) is 6.07 Å². The molecule has 1 saturated heterocycles. The van der Waals surface area contributed by atoms with E-state index in [-0.39, 0.29) is 11.3 Å². The fourth-order valence-electron chi connectivity index (χ4n) is 4.11. The largest absolute Gasteiger partial charge is 0.507 e. The number of allylic oxidation sites excluding steroid dienone is 1. The van der Waals surface area contributed by atoms with Gasteiger partial charge in [0.25, 0.3) is 0 Å². The van der Waals surface area contributed by atoms with Crippen LogP contribution in [0.15, 0.2) is 18.2 Å². The predicted octanol–water partition coefficient (Wildman–Crippen LogP) is 0.844. The number of esters is 1. The van der Waals surface area contributed by atoms with Gasteiger partial charge in [-0.25, -0.2) is 4.79 Å². The summed E-state index contributed by atoms with van der Waals surface area (Å²) in [4.78, 5) is 12.8. The Hall–Kier alpha value is -2.21. The van der Waals surface area contributed by atoms with Crippen molar-refractivity contribution in [3.05, 3.63) is 29.3 Å². The second kappa shape index (κ2) is 12.0. The molecule has 3 rings (SSSR count). The molecule has 0 bridgehead atoms. The summed E-state index contributed by atoms with van der Waals surface area (Å²) < 4.78 is 16.5. The van der Waals surface area contributed by atoms with Gasteiger partial charge in [0.2, 0.25) is 6.29 Å². The van der Waals surface area contributed by atoms with E-state index >= 15 is 0 Å². The van der Waals surface area contributed by atoms with E-state index in [1.54, 1.807) is 13.0 Å². The molecule has 0 spiro atoms. The van der Waals surface area contributed by atoms with Crippen molar-refractivity contribution < 1.29 is 49.6 Å². The molecule has 7 atom stereocenters. The molecule has 1 aromatic carbocycles. The molecule has 2 aliphatic heterocycles. The zero-order chi connectivity index (χ0) is 24.8. The normalized spacial score (nSPS) is 34.4. The topological polar surface area (TPSA) is 166 Å². The minimum atomic E-state index is -1.62. The SMILES string of the molecule is C[C@H]1CCC[C@@H](O)CCC/C=C/c2cc(O[C@@H]3O[C@H](CO)[C@@H](O)[C@H](O)[C@H]3O)cc(O)c2C(=O)O1. The van der Waals surface area contributed by atoms with Crippen molar-refractivity contribution in [2.45, 2.75) is 88.4 Å². The molecule has 190 valence electrons. The highest BCUT2D eigenvalue weighted by Crippen LogP contribution is 2.33. The highest BCUT2D eigenvalue weighted by Gasteiger charge is 2.44. The molecule has 0 amide bonds. The van der Waals surface area contributed by atoms with Gasteiger partial charge in [-0.05, 0) is 57.1 Å². The Labute approximate surface area is 198 Å². The molecular formula is C24H34O10. The Balaban J connectivity index is 1.88. The maximum absolute atomic E-state index is 12.8. The number of aromatic hydroxyl groups is 1. The fraction of sp³-hybridized carbons (Fsp3) is 0.625. The van der Waals surface area contributed by atoms with E-state index in [2.05, 4.69) is 0 Å². The van der Waals surface area contributed by atoms with Crippen LogP contribution >= 0.6 is 0 Å². The van der Waals surface area contributed by atoms with Gasteiger partial charge in [-0.1, -0.05) is 12.2 Å². The number of phenolic OH excluding ortho intramolecular Hbond substituents is 1. The van der Waals surface area contributed by atoms with Crippen LogP contribution in [-0.4, -0.2) is 86.1 Å². The maximum atomic E-state index is 12.8. The summed E-state index contributed by atoms with van der Waals surface area (Å²) in [6, 6.07) is 2.62. The number of benzene rings is 1. The molecule has 2 heterocycles. The van der Waals surface area contributed by atoms with Crippen molar-refractivity contribution >= 4 is 12.0 Å². The molecule has 10 heteroatoms. The second-order valence-electron chi connectivity index (χ2n) is 8.86. The number of fused-ring (bicyclic) bond motifs is 1. The van der Waals surface area contributed by atoms with Crippen LogP contribution in [0.2, 0.25) is 0 Å². The van der Waals surface area contributed by atoms with Crippen LogP contribution < -0.4 is 4.74 Å². The van der Waals surface area contributed by atoms with Gasteiger partial charge in [0.1, 0.15) is 41.5 Å². The number of carbonyl (C=O) groups is 1. The predicted molar refractivity (Wildman–Crippen MR) is 120 cm³/mol. The Bertz CT molecular complexity index is 854. The Morgan fingerprint density at radius 2 is 1.76 bits per heavy atom. The second-order valence-corrected chi connectivity index (χ2v) is 8.86. The Kier molecular flexibility index (Phi) is 9.29. The van der Waals surface area contributed by atoms with Crippen LogP contribution in [0.4, 0.5) is 0 Å². The number of rotatable bonds is 3. The lowest BCUT2D eigenvalue weighted by atomic mass is 9.99.